The highest BCUT2D eigenvalue weighted by atomic mass is 15.0. The number of rotatable bonds is 5. The van der Waals surface area contributed by atoms with Gasteiger partial charge in [0.1, 0.15) is 5.84 Å². The molecule has 3 nitrogen and oxygen atoms in total. The summed E-state index contributed by atoms with van der Waals surface area (Å²) in [5.74, 6) is 0.486. The topological polar surface area (TPSA) is 50.7 Å². The van der Waals surface area contributed by atoms with E-state index in [2.05, 4.69) is 169 Å². The van der Waals surface area contributed by atoms with Crippen molar-refractivity contribution in [1.82, 2.24) is 0 Å². The van der Waals surface area contributed by atoms with Crippen LogP contribution in [0.2, 0.25) is 0 Å². The Morgan fingerprint density at radius 2 is 0.922 bits per heavy atom. The van der Waals surface area contributed by atoms with Crippen molar-refractivity contribution in [3.63, 3.8) is 0 Å². The minimum atomic E-state index is -0.522. The van der Waals surface area contributed by atoms with Gasteiger partial charge in [-0.05, 0) is 90.0 Å². The van der Waals surface area contributed by atoms with Crippen LogP contribution in [0.15, 0.2) is 137 Å². The van der Waals surface area contributed by atoms with Crippen molar-refractivity contribution < 1.29 is 0 Å². The molecule has 1 atom stereocenters. The predicted octanol–water partition coefficient (Wildman–Crippen LogP) is 11.1. The SMILES string of the molecule is CC1(C)c2ccccc2-c2ccc(/C=N/C(/N=C(\N)c3ccc4c(c3)C(C)(C)c3ccccc3-4)c3ccc4c(c3)C(C)(C)c3ccccc3-4)cc21. The quantitative estimate of drug-likeness (QED) is 0.145. The van der Waals surface area contributed by atoms with Crippen LogP contribution in [0, 0.1) is 0 Å². The molecule has 0 spiro atoms. The highest BCUT2D eigenvalue weighted by Gasteiger charge is 2.38. The van der Waals surface area contributed by atoms with Gasteiger partial charge in [-0.1, -0.05) is 157 Å². The Labute approximate surface area is 301 Å². The predicted molar refractivity (Wildman–Crippen MR) is 213 cm³/mol. The molecule has 3 heteroatoms. The Morgan fingerprint density at radius 1 is 0.490 bits per heavy atom. The van der Waals surface area contributed by atoms with Crippen LogP contribution < -0.4 is 5.73 Å². The molecule has 0 saturated carbocycles. The molecule has 9 rings (SSSR count). The molecular weight excluding hydrogens is 619 g/mol. The van der Waals surface area contributed by atoms with Crippen LogP contribution in [-0.4, -0.2) is 12.1 Å². The van der Waals surface area contributed by atoms with Gasteiger partial charge in [0, 0.05) is 28.0 Å². The van der Waals surface area contributed by atoms with Gasteiger partial charge < -0.3 is 5.73 Å². The van der Waals surface area contributed by atoms with Gasteiger partial charge in [0.2, 0.25) is 0 Å². The number of nitrogens with zero attached hydrogens (tertiary/aromatic N) is 2. The minimum absolute atomic E-state index is 0.0840. The standard InChI is InChI=1S/C48H43N3/c1-46(2)38-16-10-7-13-32(38)35-22-19-29(25-41(35)46)28-50-45(31-21-24-37-34-15-9-12-18-40(34)48(5,6)43(37)27-31)51-44(49)30-20-23-36-33-14-8-11-17-39(33)47(3,4)42(36)26-30/h7-28,45H,1-6H3,(H2,49,51)/b50-28+. The third kappa shape index (κ3) is 4.64. The fourth-order valence-electron chi connectivity index (χ4n) is 9.11. The summed E-state index contributed by atoms with van der Waals surface area (Å²) in [6.45, 7) is 13.8. The average molecular weight is 662 g/mol. The van der Waals surface area contributed by atoms with E-state index in [9.17, 15) is 0 Å². The maximum Gasteiger partial charge on any atom is 0.167 e. The summed E-state index contributed by atoms with van der Waals surface area (Å²) in [7, 11) is 0. The van der Waals surface area contributed by atoms with Gasteiger partial charge in [-0.25, -0.2) is 4.99 Å². The van der Waals surface area contributed by atoms with E-state index in [0.29, 0.717) is 5.84 Å². The molecule has 0 aromatic heterocycles. The van der Waals surface area contributed by atoms with Crippen molar-refractivity contribution >= 4 is 12.1 Å². The molecular formula is C48H43N3. The highest BCUT2D eigenvalue weighted by Crippen LogP contribution is 2.51. The molecule has 0 bridgehead atoms. The number of amidine groups is 1. The molecule has 250 valence electrons. The summed E-state index contributed by atoms with van der Waals surface area (Å²) < 4.78 is 0. The molecule has 0 saturated heterocycles. The first kappa shape index (κ1) is 31.4. The molecule has 0 amide bonds. The van der Waals surface area contributed by atoms with Crippen LogP contribution >= 0.6 is 0 Å². The monoisotopic (exact) mass is 661 g/mol. The fraction of sp³-hybridized carbons (Fsp3) is 0.208. The summed E-state index contributed by atoms with van der Waals surface area (Å²) in [6, 6.07) is 46.2. The number of aliphatic imine (C=N–C) groups is 2. The Morgan fingerprint density at radius 3 is 1.47 bits per heavy atom. The highest BCUT2D eigenvalue weighted by molar-refractivity contribution is 5.99. The van der Waals surface area contributed by atoms with E-state index in [0.717, 1.165) is 16.7 Å². The minimum Gasteiger partial charge on any atom is -0.383 e. The second kappa shape index (κ2) is 11.0. The lowest BCUT2D eigenvalue weighted by Gasteiger charge is -2.23. The van der Waals surface area contributed by atoms with Gasteiger partial charge in [-0.15, -0.1) is 0 Å². The Balaban J connectivity index is 1.13. The van der Waals surface area contributed by atoms with Crippen LogP contribution in [0.25, 0.3) is 33.4 Å². The first-order chi connectivity index (χ1) is 24.5. The van der Waals surface area contributed by atoms with Crippen LogP contribution in [0.3, 0.4) is 0 Å². The van der Waals surface area contributed by atoms with Crippen molar-refractivity contribution in [3.8, 4) is 33.4 Å². The zero-order chi connectivity index (χ0) is 35.3. The second-order valence-corrected chi connectivity index (χ2v) is 16.0. The van der Waals surface area contributed by atoms with E-state index in [1.165, 1.54) is 66.8 Å². The molecule has 0 aliphatic heterocycles. The zero-order valence-corrected chi connectivity index (χ0v) is 30.3. The van der Waals surface area contributed by atoms with Crippen molar-refractivity contribution in [2.24, 2.45) is 15.7 Å². The number of hydrogen-bond acceptors (Lipinski definition) is 2. The van der Waals surface area contributed by atoms with Crippen LogP contribution in [0.5, 0.6) is 0 Å². The van der Waals surface area contributed by atoms with Crippen LogP contribution in [0.4, 0.5) is 0 Å². The Hall–Kier alpha value is -5.54. The smallest absolute Gasteiger partial charge is 0.167 e. The molecule has 6 aromatic rings. The van der Waals surface area contributed by atoms with Gasteiger partial charge in [0.25, 0.3) is 0 Å². The summed E-state index contributed by atoms with van der Waals surface area (Å²) in [5.41, 5.74) is 25.3. The van der Waals surface area contributed by atoms with Crippen LogP contribution in [0.1, 0.15) is 97.8 Å². The van der Waals surface area contributed by atoms with Gasteiger partial charge >= 0.3 is 0 Å². The fourth-order valence-corrected chi connectivity index (χ4v) is 9.11. The molecule has 3 aliphatic rings. The van der Waals surface area contributed by atoms with Gasteiger partial charge in [-0.2, -0.15) is 0 Å². The number of nitrogens with two attached hydrogens (primary N) is 1. The third-order valence-electron chi connectivity index (χ3n) is 12.0. The summed E-state index contributed by atoms with van der Waals surface area (Å²) in [4.78, 5) is 10.4. The lowest BCUT2D eigenvalue weighted by atomic mass is 9.82. The molecule has 3 aliphatic carbocycles. The van der Waals surface area contributed by atoms with Crippen molar-refractivity contribution in [2.45, 2.75) is 64.0 Å². The van der Waals surface area contributed by atoms with Crippen LogP contribution in [-0.2, 0) is 16.2 Å². The van der Waals surface area contributed by atoms with E-state index in [4.69, 9.17) is 15.7 Å². The molecule has 6 aromatic carbocycles. The van der Waals surface area contributed by atoms with E-state index in [1.54, 1.807) is 0 Å². The maximum atomic E-state index is 6.96. The van der Waals surface area contributed by atoms with Crippen molar-refractivity contribution in [1.29, 1.82) is 0 Å². The Kier molecular flexibility index (Phi) is 6.77. The molecule has 1 unspecified atom stereocenters. The summed E-state index contributed by atoms with van der Waals surface area (Å²) in [5, 5.41) is 0. The van der Waals surface area contributed by atoms with Gasteiger partial charge in [0.15, 0.2) is 6.17 Å². The molecule has 0 radical (unpaired) electrons. The zero-order valence-electron chi connectivity index (χ0n) is 30.3. The van der Waals surface area contributed by atoms with E-state index in [1.807, 2.05) is 6.21 Å². The normalized spacial score (nSPS) is 17.3. The van der Waals surface area contributed by atoms with E-state index in [-0.39, 0.29) is 16.2 Å². The number of benzene rings is 6. The number of fused-ring (bicyclic) bond motifs is 9. The van der Waals surface area contributed by atoms with Crippen molar-refractivity contribution in [2.75, 3.05) is 0 Å². The number of hydrogen-bond donors (Lipinski definition) is 1. The van der Waals surface area contributed by atoms with E-state index < -0.39 is 6.17 Å². The molecule has 0 heterocycles. The first-order valence-corrected chi connectivity index (χ1v) is 18.1. The van der Waals surface area contributed by atoms with E-state index >= 15 is 0 Å². The molecule has 0 fully saturated rings. The largest absolute Gasteiger partial charge is 0.383 e. The lowest BCUT2D eigenvalue weighted by Crippen LogP contribution is -2.19. The first-order valence-electron chi connectivity index (χ1n) is 18.1. The Bertz CT molecular complexity index is 2470. The maximum absolute atomic E-state index is 6.96. The summed E-state index contributed by atoms with van der Waals surface area (Å²) in [6.07, 6.45) is 1.46. The lowest BCUT2D eigenvalue weighted by molar-refractivity contribution is 0.656. The average Bonchev–Trinajstić information content (AvgIpc) is 3.62. The second-order valence-electron chi connectivity index (χ2n) is 16.0. The third-order valence-corrected chi connectivity index (χ3v) is 12.0. The molecule has 51 heavy (non-hydrogen) atoms. The van der Waals surface area contributed by atoms with Gasteiger partial charge in [0.05, 0.1) is 0 Å². The molecule has 2 N–H and O–H groups in total. The van der Waals surface area contributed by atoms with Gasteiger partial charge in [-0.3, -0.25) is 4.99 Å². The summed E-state index contributed by atoms with van der Waals surface area (Å²) >= 11 is 0. The van der Waals surface area contributed by atoms with Crippen molar-refractivity contribution in [3.05, 3.63) is 177 Å².